The summed E-state index contributed by atoms with van der Waals surface area (Å²) in [5.74, 6) is 0.839. The van der Waals surface area contributed by atoms with Crippen LogP contribution < -0.4 is 0 Å². The first-order valence-electron chi connectivity index (χ1n) is 5.06. The summed E-state index contributed by atoms with van der Waals surface area (Å²) in [6, 6.07) is 6.27. The van der Waals surface area contributed by atoms with Crippen LogP contribution >= 0.6 is 15.9 Å². The summed E-state index contributed by atoms with van der Waals surface area (Å²) in [5, 5.41) is 0.701. The van der Waals surface area contributed by atoms with E-state index >= 15 is 0 Å². The molecule has 0 aliphatic carbocycles. The van der Waals surface area contributed by atoms with Gasteiger partial charge in [-0.2, -0.15) is 0 Å². The van der Waals surface area contributed by atoms with Crippen LogP contribution in [0.3, 0.4) is 0 Å². The van der Waals surface area contributed by atoms with Crippen molar-refractivity contribution in [1.29, 1.82) is 0 Å². The van der Waals surface area contributed by atoms with Gasteiger partial charge < -0.3 is 9.15 Å². The normalized spacial score (nSPS) is 14.1. The minimum Gasteiger partial charge on any atom is -0.443 e. The van der Waals surface area contributed by atoms with Crippen molar-refractivity contribution in [2.45, 2.75) is 18.5 Å². The summed E-state index contributed by atoms with van der Waals surface area (Å²) in [6.45, 7) is 1.41. The van der Waals surface area contributed by atoms with Crippen LogP contribution in [0.1, 0.15) is 16.8 Å². The first-order valence-corrected chi connectivity index (χ1v) is 6.19. The van der Waals surface area contributed by atoms with E-state index in [1.165, 1.54) is 17.5 Å². The van der Waals surface area contributed by atoms with Gasteiger partial charge >= 0.3 is 0 Å². The van der Waals surface area contributed by atoms with Crippen LogP contribution in [0.2, 0.25) is 0 Å². The Morgan fingerprint density at radius 1 is 1.25 bits per heavy atom. The number of nitrogens with zero attached hydrogens (tertiary/aromatic N) is 1. The van der Waals surface area contributed by atoms with Gasteiger partial charge in [0.1, 0.15) is 0 Å². The Labute approximate surface area is 102 Å². The molecule has 0 saturated carbocycles. The molecule has 4 heteroatoms. The molecular formula is C12H10BrNO2. The second kappa shape index (κ2) is 4.03. The average molecular weight is 280 g/mol. The van der Waals surface area contributed by atoms with Gasteiger partial charge in [-0.05, 0) is 17.2 Å². The topological polar surface area (TPSA) is 35.3 Å². The van der Waals surface area contributed by atoms with Crippen molar-refractivity contribution in [3.8, 4) is 11.3 Å². The molecule has 0 spiro atoms. The molecule has 0 radical (unpaired) electrons. The summed E-state index contributed by atoms with van der Waals surface area (Å²) in [4.78, 5) is 4.16. The highest BCUT2D eigenvalue weighted by molar-refractivity contribution is 9.08. The van der Waals surface area contributed by atoms with E-state index < -0.39 is 0 Å². The Morgan fingerprint density at radius 3 is 3.00 bits per heavy atom. The van der Waals surface area contributed by atoms with Crippen LogP contribution in [0.15, 0.2) is 29.0 Å². The molecule has 0 saturated heterocycles. The van der Waals surface area contributed by atoms with E-state index in [4.69, 9.17) is 9.15 Å². The van der Waals surface area contributed by atoms with Crippen molar-refractivity contribution < 1.29 is 9.15 Å². The maximum absolute atomic E-state index is 5.42. The van der Waals surface area contributed by atoms with E-state index in [1.54, 1.807) is 0 Å². The van der Waals surface area contributed by atoms with Crippen LogP contribution in [-0.4, -0.2) is 4.98 Å². The quantitative estimate of drug-likeness (QED) is 0.792. The molecule has 1 aliphatic rings. The highest BCUT2D eigenvalue weighted by Gasteiger charge is 2.15. The molecule has 0 amide bonds. The molecule has 1 aromatic heterocycles. The van der Waals surface area contributed by atoms with Gasteiger partial charge in [0, 0.05) is 10.9 Å². The largest absolute Gasteiger partial charge is 0.443 e. The van der Waals surface area contributed by atoms with Crippen LogP contribution in [0.25, 0.3) is 11.3 Å². The molecule has 0 N–H and O–H groups in total. The van der Waals surface area contributed by atoms with Crippen LogP contribution in [-0.2, 0) is 23.3 Å². The molecule has 0 atom stereocenters. The second-order valence-corrected chi connectivity index (χ2v) is 4.30. The Morgan fingerprint density at radius 2 is 2.12 bits per heavy atom. The smallest absolute Gasteiger partial charge is 0.181 e. The lowest BCUT2D eigenvalue weighted by Gasteiger charge is -2.01. The number of hydrogen-bond acceptors (Lipinski definition) is 3. The van der Waals surface area contributed by atoms with Crippen molar-refractivity contribution >= 4 is 15.9 Å². The molecule has 2 heterocycles. The fourth-order valence-electron chi connectivity index (χ4n) is 1.91. The van der Waals surface area contributed by atoms with E-state index in [2.05, 4.69) is 39.1 Å². The highest BCUT2D eigenvalue weighted by atomic mass is 79.9. The number of benzene rings is 1. The second-order valence-electron chi connectivity index (χ2n) is 3.74. The number of aromatic nitrogens is 1. The van der Waals surface area contributed by atoms with Crippen LogP contribution in [0.5, 0.6) is 0 Å². The number of fused-ring (bicyclic) bond motifs is 1. The van der Waals surface area contributed by atoms with E-state index in [0.717, 1.165) is 23.6 Å². The van der Waals surface area contributed by atoms with Crippen molar-refractivity contribution in [2.75, 3.05) is 0 Å². The minimum absolute atomic E-state index is 0.695. The summed E-state index contributed by atoms with van der Waals surface area (Å²) in [7, 11) is 0. The van der Waals surface area contributed by atoms with E-state index in [9.17, 15) is 0 Å². The summed E-state index contributed by atoms with van der Waals surface area (Å²) in [6.07, 6.45) is 1.48. The summed E-state index contributed by atoms with van der Waals surface area (Å²) in [5.41, 5.74) is 4.51. The Hall–Kier alpha value is -1.13. The van der Waals surface area contributed by atoms with Gasteiger partial charge in [-0.3, -0.25) is 0 Å². The average Bonchev–Trinajstić information content (AvgIpc) is 2.96. The number of ether oxygens (including phenoxy) is 1. The number of oxazole rings is 1. The lowest BCUT2D eigenvalue weighted by Crippen LogP contribution is -1.86. The lowest BCUT2D eigenvalue weighted by molar-refractivity contribution is 0.134. The maximum Gasteiger partial charge on any atom is 0.181 e. The lowest BCUT2D eigenvalue weighted by atomic mass is 10.0. The fourth-order valence-corrected chi connectivity index (χ4v) is 2.31. The summed E-state index contributed by atoms with van der Waals surface area (Å²) >= 11 is 3.40. The predicted octanol–water partition coefficient (Wildman–Crippen LogP) is 3.27. The van der Waals surface area contributed by atoms with Gasteiger partial charge in [-0.25, -0.2) is 4.98 Å². The van der Waals surface area contributed by atoms with Crippen molar-refractivity contribution in [1.82, 2.24) is 4.98 Å². The first-order chi connectivity index (χ1) is 7.88. The monoisotopic (exact) mass is 279 g/mol. The SMILES string of the molecule is BrCc1ncoc1-c1ccc2c(c1)COC2. The van der Waals surface area contributed by atoms with Crippen molar-refractivity contribution in [3.05, 3.63) is 41.4 Å². The van der Waals surface area contributed by atoms with Crippen molar-refractivity contribution in [2.24, 2.45) is 0 Å². The third-order valence-corrected chi connectivity index (χ3v) is 3.28. The predicted molar refractivity (Wildman–Crippen MR) is 63.1 cm³/mol. The highest BCUT2D eigenvalue weighted by Crippen LogP contribution is 2.29. The van der Waals surface area contributed by atoms with Gasteiger partial charge in [0.2, 0.25) is 0 Å². The maximum atomic E-state index is 5.42. The Kier molecular flexibility index (Phi) is 2.53. The van der Waals surface area contributed by atoms with Crippen LogP contribution in [0, 0.1) is 0 Å². The van der Waals surface area contributed by atoms with Gasteiger partial charge in [0.25, 0.3) is 0 Å². The number of hydrogen-bond donors (Lipinski definition) is 0. The molecular weight excluding hydrogens is 270 g/mol. The number of rotatable bonds is 2. The van der Waals surface area contributed by atoms with Gasteiger partial charge in [-0.15, -0.1) is 0 Å². The zero-order chi connectivity index (χ0) is 11.0. The molecule has 0 unspecified atom stereocenters. The molecule has 3 nitrogen and oxygen atoms in total. The molecule has 0 fully saturated rings. The zero-order valence-electron chi connectivity index (χ0n) is 8.57. The minimum atomic E-state index is 0.695. The molecule has 3 rings (SSSR count). The van der Waals surface area contributed by atoms with E-state index in [-0.39, 0.29) is 0 Å². The standard InChI is InChI=1S/C12H10BrNO2/c13-4-11-12(16-7-14-11)8-1-2-9-5-15-6-10(9)3-8/h1-3,7H,4-6H2. The molecule has 16 heavy (non-hydrogen) atoms. The Balaban J connectivity index is 2.07. The zero-order valence-corrected chi connectivity index (χ0v) is 10.2. The van der Waals surface area contributed by atoms with Gasteiger partial charge in [0.05, 0.1) is 18.9 Å². The number of alkyl halides is 1. The third kappa shape index (κ3) is 1.58. The molecule has 1 aromatic carbocycles. The Bertz CT molecular complexity index is 521. The van der Waals surface area contributed by atoms with Crippen molar-refractivity contribution in [3.63, 3.8) is 0 Å². The molecule has 1 aliphatic heterocycles. The molecule has 2 aromatic rings. The molecule has 82 valence electrons. The summed E-state index contributed by atoms with van der Waals surface area (Å²) < 4.78 is 10.8. The van der Waals surface area contributed by atoms with Gasteiger partial charge in [-0.1, -0.05) is 28.1 Å². The van der Waals surface area contributed by atoms with E-state index in [1.807, 2.05) is 0 Å². The number of halogens is 1. The fraction of sp³-hybridized carbons (Fsp3) is 0.250. The van der Waals surface area contributed by atoms with E-state index in [0.29, 0.717) is 11.9 Å². The van der Waals surface area contributed by atoms with Crippen LogP contribution in [0.4, 0.5) is 0 Å². The van der Waals surface area contributed by atoms with Gasteiger partial charge in [0.15, 0.2) is 12.2 Å². The third-order valence-electron chi connectivity index (χ3n) is 2.75. The first kappa shape index (κ1) is 10.1. The molecule has 0 bridgehead atoms.